The molecule has 0 aromatic heterocycles. The molecule has 0 saturated heterocycles. The molecule has 0 fully saturated rings. The Kier molecular flexibility index (Phi) is 4.37. The largest absolute Gasteiger partial charge is 0.453 e. The summed E-state index contributed by atoms with van der Waals surface area (Å²) in [5, 5.41) is 2.57. The fourth-order valence-electron chi connectivity index (χ4n) is 0.547. The van der Waals surface area contributed by atoms with Crippen LogP contribution in [0.4, 0.5) is 4.79 Å². The lowest BCUT2D eigenvalue weighted by molar-refractivity contribution is 0.174. The molecule has 10 heavy (non-hydrogen) atoms. The fourth-order valence-corrected chi connectivity index (χ4v) is 0.547. The first-order valence-electron chi connectivity index (χ1n) is 3.24. The lowest BCUT2D eigenvalue weighted by Crippen LogP contribution is -2.21. The van der Waals surface area contributed by atoms with E-state index in [1.54, 1.807) is 0 Å². The average Bonchev–Trinajstić information content (AvgIpc) is 1.99. The smallest absolute Gasteiger partial charge is 0.411 e. The number of hydrogen-bond donors (Lipinski definition) is 1. The number of hydrogen-bond acceptors (Lipinski definition) is 2. The molecule has 0 radical (unpaired) electrons. The van der Waals surface area contributed by atoms with Gasteiger partial charge in [0.2, 0.25) is 0 Å². The maximum absolute atomic E-state index is 10.6. The van der Waals surface area contributed by atoms with Crippen LogP contribution >= 0.6 is 0 Å². The van der Waals surface area contributed by atoms with Crippen molar-refractivity contribution in [3.63, 3.8) is 0 Å². The lowest BCUT2D eigenvalue weighted by Gasteiger charge is -2.03. The van der Waals surface area contributed by atoms with Crippen LogP contribution in [0.1, 0.15) is 20.3 Å². The summed E-state index contributed by atoms with van der Waals surface area (Å²) in [5.74, 6) is 0. The zero-order valence-corrected chi connectivity index (χ0v) is 6.60. The molecule has 58 valence electrons. The molecular weight excluding hydrogens is 130 g/mol. The van der Waals surface area contributed by atoms with E-state index in [0.717, 1.165) is 12.1 Å². The topological polar surface area (TPSA) is 38.3 Å². The molecule has 0 heterocycles. The van der Waals surface area contributed by atoms with Crippen LogP contribution in [0.25, 0.3) is 0 Å². The maximum Gasteiger partial charge on any atom is 0.411 e. The number of alkyl carbamates (subject to hydrolysis) is 1. The SMILES string of the molecule is C/C=C(/CC)NC(=O)OC. The standard InChI is InChI=1S/C7H13NO2/c1-4-6(5-2)8-7(9)10-3/h4H,5H2,1-3H3,(H,8,9)/b6-4-. The summed E-state index contributed by atoms with van der Waals surface area (Å²) in [6.07, 6.45) is 2.25. The second-order valence-corrected chi connectivity index (χ2v) is 1.78. The van der Waals surface area contributed by atoms with Crippen molar-refractivity contribution in [2.75, 3.05) is 7.11 Å². The van der Waals surface area contributed by atoms with Crippen molar-refractivity contribution < 1.29 is 9.53 Å². The Labute approximate surface area is 61.1 Å². The quantitative estimate of drug-likeness (QED) is 0.638. The van der Waals surface area contributed by atoms with Crippen LogP contribution < -0.4 is 5.32 Å². The second kappa shape index (κ2) is 4.85. The van der Waals surface area contributed by atoms with Crippen molar-refractivity contribution in [2.24, 2.45) is 0 Å². The molecular formula is C7H13NO2. The molecule has 0 atom stereocenters. The zero-order valence-electron chi connectivity index (χ0n) is 6.60. The highest BCUT2D eigenvalue weighted by Gasteiger charge is 1.98. The van der Waals surface area contributed by atoms with Gasteiger partial charge in [-0.15, -0.1) is 0 Å². The summed E-state index contributed by atoms with van der Waals surface area (Å²) in [6, 6.07) is 0. The Morgan fingerprint density at radius 1 is 1.70 bits per heavy atom. The van der Waals surface area contributed by atoms with E-state index in [1.807, 2.05) is 19.9 Å². The highest BCUT2D eigenvalue weighted by Crippen LogP contribution is 1.94. The Bertz CT molecular complexity index is 141. The van der Waals surface area contributed by atoms with Gasteiger partial charge < -0.3 is 4.74 Å². The third-order valence-corrected chi connectivity index (χ3v) is 1.18. The van der Waals surface area contributed by atoms with E-state index in [4.69, 9.17) is 0 Å². The summed E-state index contributed by atoms with van der Waals surface area (Å²) in [4.78, 5) is 10.6. The van der Waals surface area contributed by atoms with Gasteiger partial charge in [-0.25, -0.2) is 4.79 Å². The number of carbonyl (C=O) groups excluding carboxylic acids is 1. The van der Waals surface area contributed by atoms with Crippen LogP contribution in [-0.2, 0) is 4.74 Å². The first kappa shape index (κ1) is 9.01. The summed E-state index contributed by atoms with van der Waals surface area (Å²) in [7, 11) is 1.35. The molecule has 0 aromatic carbocycles. The number of ether oxygens (including phenoxy) is 1. The minimum absolute atomic E-state index is 0.407. The van der Waals surface area contributed by atoms with Gasteiger partial charge in [-0.3, -0.25) is 5.32 Å². The van der Waals surface area contributed by atoms with E-state index in [2.05, 4.69) is 10.1 Å². The molecule has 1 amide bonds. The average molecular weight is 143 g/mol. The Morgan fingerprint density at radius 3 is 2.60 bits per heavy atom. The van der Waals surface area contributed by atoms with Crippen LogP contribution in [0.15, 0.2) is 11.8 Å². The first-order chi connectivity index (χ1) is 4.74. The molecule has 0 bridgehead atoms. The Morgan fingerprint density at radius 2 is 2.30 bits per heavy atom. The number of nitrogens with one attached hydrogen (secondary N) is 1. The third-order valence-electron chi connectivity index (χ3n) is 1.18. The van der Waals surface area contributed by atoms with Gasteiger partial charge in [0.15, 0.2) is 0 Å². The molecule has 3 heteroatoms. The monoisotopic (exact) mass is 143 g/mol. The van der Waals surface area contributed by atoms with Gasteiger partial charge in [-0.1, -0.05) is 13.0 Å². The van der Waals surface area contributed by atoms with Crippen molar-refractivity contribution >= 4 is 6.09 Å². The van der Waals surface area contributed by atoms with Crippen LogP contribution in [-0.4, -0.2) is 13.2 Å². The molecule has 0 aromatic rings. The van der Waals surface area contributed by atoms with Gasteiger partial charge in [0.05, 0.1) is 7.11 Å². The number of methoxy groups -OCH3 is 1. The van der Waals surface area contributed by atoms with Crippen LogP contribution in [0, 0.1) is 0 Å². The first-order valence-corrected chi connectivity index (χ1v) is 3.24. The van der Waals surface area contributed by atoms with E-state index in [-0.39, 0.29) is 0 Å². The Hall–Kier alpha value is -0.990. The van der Waals surface area contributed by atoms with Gasteiger partial charge in [0, 0.05) is 5.70 Å². The van der Waals surface area contributed by atoms with Gasteiger partial charge >= 0.3 is 6.09 Å². The van der Waals surface area contributed by atoms with E-state index in [9.17, 15) is 4.79 Å². The number of allylic oxidation sites excluding steroid dienone is 2. The normalized spacial score (nSPS) is 10.9. The minimum atomic E-state index is -0.407. The minimum Gasteiger partial charge on any atom is -0.453 e. The molecule has 3 nitrogen and oxygen atoms in total. The van der Waals surface area contributed by atoms with Crippen molar-refractivity contribution in [1.82, 2.24) is 5.32 Å². The fraction of sp³-hybridized carbons (Fsp3) is 0.571. The maximum atomic E-state index is 10.6. The van der Waals surface area contributed by atoms with E-state index in [0.29, 0.717) is 0 Å². The third kappa shape index (κ3) is 3.12. The van der Waals surface area contributed by atoms with Gasteiger partial charge in [-0.2, -0.15) is 0 Å². The summed E-state index contributed by atoms with van der Waals surface area (Å²) < 4.78 is 4.39. The van der Waals surface area contributed by atoms with Crippen molar-refractivity contribution in [3.8, 4) is 0 Å². The summed E-state index contributed by atoms with van der Waals surface area (Å²) in [6.45, 7) is 3.83. The number of rotatable bonds is 2. The van der Waals surface area contributed by atoms with E-state index in [1.165, 1.54) is 7.11 Å². The highest BCUT2D eigenvalue weighted by molar-refractivity contribution is 5.69. The molecule has 0 aliphatic rings. The molecule has 0 aliphatic carbocycles. The summed E-state index contributed by atoms with van der Waals surface area (Å²) in [5.41, 5.74) is 0.881. The molecule has 1 N–H and O–H groups in total. The predicted octanol–water partition coefficient (Wildman–Crippen LogP) is 1.66. The number of amides is 1. The second-order valence-electron chi connectivity index (χ2n) is 1.78. The molecule has 0 aliphatic heterocycles. The van der Waals surface area contributed by atoms with Gasteiger partial charge in [-0.05, 0) is 13.3 Å². The zero-order chi connectivity index (χ0) is 7.98. The lowest BCUT2D eigenvalue weighted by atomic mass is 10.3. The highest BCUT2D eigenvalue weighted by atomic mass is 16.5. The van der Waals surface area contributed by atoms with Crippen LogP contribution in [0.5, 0.6) is 0 Å². The predicted molar refractivity (Wildman–Crippen MR) is 39.6 cm³/mol. The van der Waals surface area contributed by atoms with Crippen LogP contribution in [0.3, 0.4) is 0 Å². The van der Waals surface area contributed by atoms with Crippen LogP contribution in [0.2, 0.25) is 0 Å². The van der Waals surface area contributed by atoms with E-state index >= 15 is 0 Å². The molecule has 0 unspecified atom stereocenters. The molecule has 0 saturated carbocycles. The number of carbonyl (C=O) groups is 1. The van der Waals surface area contributed by atoms with Crippen molar-refractivity contribution in [2.45, 2.75) is 20.3 Å². The van der Waals surface area contributed by atoms with Crippen molar-refractivity contribution in [3.05, 3.63) is 11.8 Å². The molecule has 0 rings (SSSR count). The van der Waals surface area contributed by atoms with Gasteiger partial charge in [0.1, 0.15) is 0 Å². The molecule has 0 spiro atoms. The van der Waals surface area contributed by atoms with Gasteiger partial charge in [0.25, 0.3) is 0 Å². The van der Waals surface area contributed by atoms with E-state index < -0.39 is 6.09 Å². The summed E-state index contributed by atoms with van der Waals surface area (Å²) >= 11 is 0. The van der Waals surface area contributed by atoms with Crippen molar-refractivity contribution in [1.29, 1.82) is 0 Å². The Balaban J connectivity index is 3.76.